The van der Waals surface area contributed by atoms with E-state index in [1.165, 1.54) is 15.7 Å². The fourth-order valence-electron chi connectivity index (χ4n) is 3.62. The zero-order valence-corrected chi connectivity index (χ0v) is 16.4. The van der Waals surface area contributed by atoms with Crippen molar-refractivity contribution in [1.29, 1.82) is 0 Å². The lowest BCUT2D eigenvalue weighted by Gasteiger charge is -2.08. The van der Waals surface area contributed by atoms with Gasteiger partial charge in [0, 0.05) is 37.8 Å². The van der Waals surface area contributed by atoms with Gasteiger partial charge in [0.15, 0.2) is 11.2 Å². The SMILES string of the molecule is Cc1ccc(-n2c(C)cn3c4c(=O)n(CCCO)c(=O)n(C)c4nc23)cc1C. The van der Waals surface area contributed by atoms with Crippen LogP contribution >= 0.6 is 0 Å². The fraction of sp³-hybridized carbons (Fsp3) is 0.350. The molecule has 0 atom stereocenters. The minimum Gasteiger partial charge on any atom is -0.396 e. The van der Waals surface area contributed by atoms with Gasteiger partial charge >= 0.3 is 5.69 Å². The lowest BCUT2D eigenvalue weighted by Crippen LogP contribution is -2.39. The Morgan fingerprint density at radius 2 is 1.86 bits per heavy atom. The molecule has 0 saturated heterocycles. The summed E-state index contributed by atoms with van der Waals surface area (Å²) in [5.41, 5.74) is 4.14. The molecule has 4 rings (SSSR count). The van der Waals surface area contributed by atoms with Crippen molar-refractivity contribution < 1.29 is 5.11 Å². The second-order valence-corrected chi connectivity index (χ2v) is 7.20. The molecule has 0 aliphatic rings. The average molecular weight is 381 g/mol. The maximum Gasteiger partial charge on any atom is 0.332 e. The smallest absolute Gasteiger partial charge is 0.332 e. The zero-order chi connectivity index (χ0) is 20.2. The summed E-state index contributed by atoms with van der Waals surface area (Å²) in [5, 5.41) is 9.09. The molecule has 0 saturated carbocycles. The van der Waals surface area contributed by atoms with E-state index in [0.717, 1.165) is 15.9 Å². The number of hydrogen-bond acceptors (Lipinski definition) is 4. The van der Waals surface area contributed by atoms with Gasteiger partial charge in [-0.3, -0.25) is 22.9 Å². The Hall–Kier alpha value is -3.13. The van der Waals surface area contributed by atoms with Gasteiger partial charge in [-0.2, -0.15) is 4.98 Å². The van der Waals surface area contributed by atoms with Crippen LogP contribution in [0.5, 0.6) is 0 Å². The van der Waals surface area contributed by atoms with Crippen molar-refractivity contribution in [2.24, 2.45) is 7.05 Å². The van der Waals surface area contributed by atoms with Crippen LogP contribution in [0.1, 0.15) is 23.2 Å². The third-order valence-electron chi connectivity index (χ3n) is 5.31. The average Bonchev–Trinajstić information content (AvgIpc) is 3.17. The van der Waals surface area contributed by atoms with E-state index in [0.29, 0.717) is 23.4 Å². The molecule has 4 aromatic rings. The van der Waals surface area contributed by atoms with E-state index in [1.54, 1.807) is 11.4 Å². The van der Waals surface area contributed by atoms with Crippen LogP contribution in [0, 0.1) is 20.8 Å². The van der Waals surface area contributed by atoms with Crippen molar-refractivity contribution in [3.05, 3.63) is 62.1 Å². The summed E-state index contributed by atoms with van der Waals surface area (Å²) >= 11 is 0. The highest BCUT2D eigenvalue weighted by atomic mass is 16.3. The molecular weight excluding hydrogens is 358 g/mol. The monoisotopic (exact) mass is 381 g/mol. The van der Waals surface area contributed by atoms with Crippen LogP contribution in [0.3, 0.4) is 0 Å². The molecule has 0 aliphatic heterocycles. The molecule has 8 nitrogen and oxygen atoms in total. The van der Waals surface area contributed by atoms with E-state index in [1.807, 2.05) is 23.8 Å². The van der Waals surface area contributed by atoms with Crippen LogP contribution in [0.4, 0.5) is 0 Å². The standard InChI is InChI=1S/C20H23N5O3/c1-12-6-7-15(10-13(12)2)25-14(3)11-24-16-17(21-19(24)25)22(4)20(28)23(18(16)27)8-5-9-26/h6-7,10-11,26H,5,8-9H2,1-4H3. The van der Waals surface area contributed by atoms with Gasteiger partial charge in [0.2, 0.25) is 5.78 Å². The number of benzene rings is 1. The quantitative estimate of drug-likeness (QED) is 0.580. The number of rotatable bonds is 4. The predicted molar refractivity (Wildman–Crippen MR) is 107 cm³/mol. The van der Waals surface area contributed by atoms with Crippen molar-refractivity contribution in [3.8, 4) is 5.69 Å². The molecule has 3 heterocycles. The number of fused-ring (bicyclic) bond motifs is 3. The Bertz CT molecular complexity index is 1340. The largest absolute Gasteiger partial charge is 0.396 e. The summed E-state index contributed by atoms with van der Waals surface area (Å²) in [7, 11) is 1.61. The van der Waals surface area contributed by atoms with Gasteiger partial charge in [-0.25, -0.2) is 4.79 Å². The highest BCUT2D eigenvalue weighted by Gasteiger charge is 2.20. The molecular formula is C20H23N5O3. The highest BCUT2D eigenvalue weighted by molar-refractivity contribution is 5.76. The van der Waals surface area contributed by atoms with Crippen molar-refractivity contribution in [1.82, 2.24) is 23.1 Å². The Morgan fingerprint density at radius 3 is 2.54 bits per heavy atom. The second-order valence-electron chi connectivity index (χ2n) is 7.20. The molecule has 146 valence electrons. The molecule has 0 radical (unpaired) electrons. The minimum atomic E-state index is -0.429. The van der Waals surface area contributed by atoms with E-state index < -0.39 is 11.2 Å². The minimum absolute atomic E-state index is 0.0856. The molecule has 0 amide bonds. The van der Waals surface area contributed by atoms with Crippen molar-refractivity contribution in [3.63, 3.8) is 0 Å². The molecule has 0 fully saturated rings. The third kappa shape index (κ3) is 2.52. The maximum atomic E-state index is 13.0. The van der Waals surface area contributed by atoms with E-state index in [2.05, 4.69) is 31.0 Å². The summed E-state index contributed by atoms with van der Waals surface area (Å²) in [6, 6.07) is 6.16. The topological polar surface area (TPSA) is 86.5 Å². The summed E-state index contributed by atoms with van der Waals surface area (Å²) in [5.74, 6) is 0.586. The van der Waals surface area contributed by atoms with E-state index in [-0.39, 0.29) is 13.2 Å². The van der Waals surface area contributed by atoms with Crippen LogP contribution in [-0.4, -0.2) is 34.8 Å². The Balaban J connectivity index is 2.07. The van der Waals surface area contributed by atoms with E-state index in [9.17, 15) is 9.59 Å². The second kappa shape index (κ2) is 6.49. The molecule has 0 aliphatic carbocycles. The number of hydrogen-bond donors (Lipinski definition) is 1. The summed E-state index contributed by atoms with van der Waals surface area (Å²) in [4.78, 5) is 30.3. The first-order valence-electron chi connectivity index (χ1n) is 9.23. The molecule has 8 heteroatoms. The molecule has 1 N–H and O–H groups in total. The molecule has 0 spiro atoms. The van der Waals surface area contributed by atoms with E-state index in [4.69, 9.17) is 5.11 Å². The summed E-state index contributed by atoms with van der Waals surface area (Å²) < 4.78 is 6.28. The molecule has 1 aromatic carbocycles. The first-order chi connectivity index (χ1) is 13.3. The number of aryl methyl sites for hydroxylation is 4. The first-order valence-corrected chi connectivity index (χ1v) is 9.23. The number of aliphatic hydroxyl groups excluding tert-OH is 1. The van der Waals surface area contributed by atoms with Gasteiger partial charge in [-0.05, 0) is 50.5 Å². The normalized spacial score (nSPS) is 11.8. The Morgan fingerprint density at radius 1 is 1.11 bits per heavy atom. The lowest BCUT2D eigenvalue weighted by atomic mass is 10.1. The van der Waals surface area contributed by atoms with Crippen molar-refractivity contribution in [2.45, 2.75) is 33.7 Å². The van der Waals surface area contributed by atoms with Crippen LogP contribution in [0.25, 0.3) is 22.6 Å². The number of aliphatic hydroxyl groups is 1. The number of nitrogens with zero attached hydrogens (tertiary/aromatic N) is 5. The van der Waals surface area contributed by atoms with Crippen LogP contribution in [0.15, 0.2) is 34.0 Å². The van der Waals surface area contributed by atoms with Gasteiger partial charge in [-0.1, -0.05) is 6.07 Å². The van der Waals surface area contributed by atoms with Crippen LogP contribution in [-0.2, 0) is 13.6 Å². The van der Waals surface area contributed by atoms with Gasteiger partial charge in [0.05, 0.1) is 0 Å². The Labute approximate surface area is 160 Å². The number of aromatic nitrogens is 5. The molecule has 3 aromatic heterocycles. The molecule has 28 heavy (non-hydrogen) atoms. The maximum absolute atomic E-state index is 13.0. The third-order valence-corrected chi connectivity index (χ3v) is 5.31. The predicted octanol–water partition coefficient (Wildman–Crippen LogP) is 1.45. The van der Waals surface area contributed by atoms with Gasteiger partial charge in [0.25, 0.3) is 5.56 Å². The number of imidazole rings is 2. The summed E-state index contributed by atoms with van der Waals surface area (Å²) in [6.07, 6.45) is 2.20. The van der Waals surface area contributed by atoms with Crippen LogP contribution in [0.2, 0.25) is 0 Å². The van der Waals surface area contributed by atoms with Crippen LogP contribution < -0.4 is 11.2 Å². The Kier molecular flexibility index (Phi) is 4.23. The van der Waals surface area contributed by atoms with Crippen molar-refractivity contribution >= 4 is 16.9 Å². The van der Waals surface area contributed by atoms with Gasteiger partial charge in [-0.15, -0.1) is 0 Å². The molecule has 0 unspecified atom stereocenters. The fourth-order valence-corrected chi connectivity index (χ4v) is 3.62. The van der Waals surface area contributed by atoms with E-state index >= 15 is 0 Å². The molecule has 0 bridgehead atoms. The highest BCUT2D eigenvalue weighted by Crippen LogP contribution is 2.22. The van der Waals surface area contributed by atoms with Crippen molar-refractivity contribution in [2.75, 3.05) is 6.61 Å². The van der Waals surface area contributed by atoms with Gasteiger partial charge < -0.3 is 5.11 Å². The zero-order valence-electron chi connectivity index (χ0n) is 16.4. The summed E-state index contributed by atoms with van der Waals surface area (Å²) in [6.45, 7) is 6.16. The van der Waals surface area contributed by atoms with Gasteiger partial charge in [0.1, 0.15) is 0 Å². The lowest BCUT2D eigenvalue weighted by molar-refractivity contribution is 0.277. The first kappa shape index (κ1) is 18.2.